The number of hydrogen-bond acceptors (Lipinski definition) is 2. The Balaban J connectivity index is 2.16. The maximum absolute atomic E-state index is 12.5. The molecule has 1 aliphatic rings. The van der Waals surface area contributed by atoms with E-state index in [-0.39, 0.29) is 5.91 Å². The molecule has 0 N–H and O–H groups in total. The van der Waals surface area contributed by atoms with Crippen molar-refractivity contribution in [2.24, 2.45) is 0 Å². The van der Waals surface area contributed by atoms with Crippen LogP contribution in [-0.2, 0) is 4.74 Å². The summed E-state index contributed by atoms with van der Waals surface area (Å²) in [7, 11) is 1.66. The number of carbonyl (C=O) groups is 1. The van der Waals surface area contributed by atoms with E-state index in [9.17, 15) is 4.79 Å². The Bertz CT molecular complexity index is 443. The van der Waals surface area contributed by atoms with Crippen LogP contribution in [0, 0.1) is 6.92 Å². The number of ether oxygens (including phenoxy) is 1. The fourth-order valence-corrected chi connectivity index (χ4v) is 2.64. The highest BCUT2D eigenvalue weighted by Gasteiger charge is 2.33. The predicted octanol–water partition coefficient (Wildman–Crippen LogP) is 3.01. The first-order valence-corrected chi connectivity index (χ1v) is 6.99. The van der Waals surface area contributed by atoms with E-state index < -0.39 is 0 Å². The van der Waals surface area contributed by atoms with Gasteiger partial charge in [-0.1, -0.05) is 6.07 Å². The van der Waals surface area contributed by atoms with Crippen LogP contribution in [-0.4, -0.2) is 37.1 Å². The van der Waals surface area contributed by atoms with Crippen LogP contribution in [0.4, 0.5) is 0 Å². The molecule has 1 aromatic rings. The van der Waals surface area contributed by atoms with Gasteiger partial charge in [-0.05, 0) is 53.4 Å². The molecule has 1 saturated carbocycles. The third kappa shape index (κ3) is 3.12. The molecular weight excluding hydrogens is 294 g/mol. The molecule has 98 valence electrons. The highest BCUT2D eigenvalue weighted by Crippen LogP contribution is 2.29. The van der Waals surface area contributed by atoms with Gasteiger partial charge < -0.3 is 9.64 Å². The van der Waals surface area contributed by atoms with Crippen molar-refractivity contribution in [3.63, 3.8) is 0 Å². The lowest BCUT2D eigenvalue weighted by atomic mass is 10.1. The second-order valence-electron chi connectivity index (χ2n) is 4.71. The van der Waals surface area contributed by atoms with Crippen LogP contribution >= 0.6 is 15.9 Å². The molecule has 1 aliphatic carbocycles. The third-order valence-corrected chi connectivity index (χ3v) is 3.80. The molecular formula is C14H18BrNO2. The first-order chi connectivity index (χ1) is 8.63. The summed E-state index contributed by atoms with van der Waals surface area (Å²) in [4.78, 5) is 14.4. The highest BCUT2D eigenvalue weighted by atomic mass is 79.9. The number of benzene rings is 1. The zero-order valence-corrected chi connectivity index (χ0v) is 12.4. The number of methoxy groups -OCH3 is 1. The van der Waals surface area contributed by atoms with Gasteiger partial charge in [-0.3, -0.25) is 4.79 Å². The Morgan fingerprint density at radius 1 is 1.50 bits per heavy atom. The average Bonchev–Trinajstić information content (AvgIpc) is 3.13. The Morgan fingerprint density at radius 3 is 2.78 bits per heavy atom. The largest absolute Gasteiger partial charge is 0.383 e. The molecule has 0 radical (unpaired) electrons. The summed E-state index contributed by atoms with van der Waals surface area (Å²) in [5.41, 5.74) is 1.89. The normalized spacial score (nSPS) is 14.6. The average molecular weight is 312 g/mol. The molecule has 0 unspecified atom stereocenters. The molecule has 18 heavy (non-hydrogen) atoms. The fourth-order valence-electron chi connectivity index (χ4n) is 1.97. The number of hydrogen-bond donors (Lipinski definition) is 0. The van der Waals surface area contributed by atoms with E-state index in [0.717, 1.165) is 28.4 Å². The van der Waals surface area contributed by atoms with Gasteiger partial charge in [0.15, 0.2) is 0 Å². The lowest BCUT2D eigenvalue weighted by molar-refractivity contribution is 0.0679. The van der Waals surface area contributed by atoms with E-state index >= 15 is 0 Å². The molecule has 0 saturated heterocycles. The summed E-state index contributed by atoms with van der Waals surface area (Å²) in [6.45, 7) is 3.27. The van der Waals surface area contributed by atoms with Gasteiger partial charge in [0.25, 0.3) is 5.91 Å². The Labute approximate surface area is 116 Å². The molecule has 3 nitrogen and oxygen atoms in total. The first kappa shape index (κ1) is 13.6. The number of rotatable bonds is 5. The molecule has 1 aromatic carbocycles. The predicted molar refractivity (Wildman–Crippen MR) is 74.8 cm³/mol. The zero-order valence-electron chi connectivity index (χ0n) is 10.8. The number of halogens is 1. The third-order valence-electron chi connectivity index (χ3n) is 3.14. The quantitative estimate of drug-likeness (QED) is 0.836. The minimum Gasteiger partial charge on any atom is -0.383 e. The Hall–Kier alpha value is -0.870. The zero-order chi connectivity index (χ0) is 13.1. The fraction of sp³-hybridized carbons (Fsp3) is 0.500. The summed E-state index contributed by atoms with van der Waals surface area (Å²) in [6.07, 6.45) is 2.22. The van der Waals surface area contributed by atoms with Crippen molar-refractivity contribution < 1.29 is 9.53 Å². The molecule has 0 atom stereocenters. The molecule has 4 heteroatoms. The van der Waals surface area contributed by atoms with Crippen molar-refractivity contribution in [1.29, 1.82) is 0 Å². The van der Waals surface area contributed by atoms with Gasteiger partial charge in [0, 0.05) is 24.2 Å². The van der Waals surface area contributed by atoms with Crippen molar-refractivity contribution >= 4 is 21.8 Å². The molecule has 0 spiro atoms. The summed E-state index contributed by atoms with van der Waals surface area (Å²) in [5.74, 6) is 0.0985. The van der Waals surface area contributed by atoms with Crippen LogP contribution < -0.4 is 0 Å². The standard InChI is InChI=1S/C14H18BrNO2/c1-10-3-6-12(13(15)9-10)14(17)16(7-8-18-2)11-4-5-11/h3,6,9,11H,4-5,7-8H2,1-2H3. The van der Waals surface area contributed by atoms with Gasteiger partial charge in [0.1, 0.15) is 0 Å². The van der Waals surface area contributed by atoms with Gasteiger partial charge in [0.2, 0.25) is 0 Å². The monoisotopic (exact) mass is 311 g/mol. The lowest BCUT2D eigenvalue weighted by Gasteiger charge is -2.22. The number of nitrogens with zero attached hydrogens (tertiary/aromatic N) is 1. The summed E-state index contributed by atoms with van der Waals surface area (Å²) in [5, 5.41) is 0. The van der Waals surface area contributed by atoms with E-state index in [0.29, 0.717) is 19.2 Å². The lowest BCUT2D eigenvalue weighted by Crippen LogP contribution is -2.36. The number of carbonyl (C=O) groups excluding carboxylic acids is 1. The number of aryl methyl sites for hydroxylation is 1. The van der Waals surface area contributed by atoms with E-state index in [1.54, 1.807) is 7.11 Å². The molecule has 0 aromatic heterocycles. The van der Waals surface area contributed by atoms with E-state index in [2.05, 4.69) is 15.9 Å². The van der Waals surface area contributed by atoms with E-state index in [1.807, 2.05) is 30.0 Å². The maximum Gasteiger partial charge on any atom is 0.255 e. The molecule has 1 amide bonds. The minimum atomic E-state index is 0.0985. The van der Waals surface area contributed by atoms with Crippen molar-refractivity contribution in [3.8, 4) is 0 Å². The summed E-state index contributed by atoms with van der Waals surface area (Å²) in [6, 6.07) is 6.25. The number of amides is 1. The van der Waals surface area contributed by atoms with Gasteiger partial charge in [-0.15, -0.1) is 0 Å². The second kappa shape index (κ2) is 5.85. The maximum atomic E-state index is 12.5. The van der Waals surface area contributed by atoms with Crippen LogP contribution in [0.1, 0.15) is 28.8 Å². The van der Waals surface area contributed by atoms with Crippen molar-refractivity contribution in [3.05, 3.63) is 33.8 Å². The van der Waals surface area contributed by atoms with E-state index in [1.165, 1.54) is 0 Å². The van der Waals surface area contributed by atoms with Crippen LogP contribution in [0.5, 0.6) is 0 Å². The summed E-state index contributed by atoms with van der Waals surface area (Å²) < 4.78 is 5.95. The van der Waals surface area contributed by atoms with Gasteiger partial charge in [-0.2, -0.15) is 0 Å². The Morgan fingerprint density at radius 2 is 2.22 bits per heavy atom. The van der Waals surface area contributed by atoms with E-state index in [4.69, 9.17) is 4.74 Å². The summed E-state index contributed by atoms with van der Waals surface area (Å²) >= 11 is 3.47. The van der Waals surface area contributed by atoms with Gasteiger partial charge in [0.05, 0.1) is 12.2 Å². The van der Waals surface area contributed by atoms with Crippen LogP contribution in [0.2, 0.25) is 0 Å². The van der Waals surface area contributed by atoms with Crippen molar-refractivity contribution in [2.75, 3.05) is 20.3 Å². The molecule has 0 bridgehead atoms. The minimum absolute atomic E-state index is 0.0985. The first-order valence-electron chi connectivity index (χ1n) is 6.19. The molecule has 1 fully saturated rings. The topological polar surface area (TPSA) is 29.5 Å². The SMILES string of the molecule is COCCN(C(=O)c1ccc(C)cc1Br)C1CC1. The van der Waals surface area contributed by atoms with Crippen molar-refractivity contribution in [1.82, 2.24) is 4.90 Å². The molecule has 2 rings (SSSR count). The Kier molecular flexibility index (Phi) is 4.40. The second-order valence-corrected chi connectivity index (χ2v) is 5.56. The smallest absolute Gasteiger partial charge is 0.255 e. The molecule has 0 aliphatic heterocycles. The highest BCUT2D eigenvalue weighted by molar-refractivity contribution is 9.10. The van der Waals surface area contributed by atoms with Crippen LogP contribution in [0.3, 0.4) is 0 Å². The van der Waals surface area contributed by atoms with Crippen molar-refractivity contribution in [2.45, 2.75) is 25.8 Å². The van der Waals surface area contributed by atoms with Gasteiger partial charge >= 0.3 is 0 Å². The van der Waals surface area contributed by atoms with Gasteiger partial charge in [-0.25, -0.2) is 0 Å². The van der Waals surface area contributed by atoms with Crippen LogP contribution in [0.15, 0.2) is 22.7 Å². The molecule has 0 heterocycles. The van der Waals surface area contributed by atoms with Crippen LogP contribution in [0.25, 0.3) is 0 Å².